The molecule has 2 amide bonds. The van der Waals surface area contributed by atoms with Gasteiger partial charge in [-0.3, -0.25) is 19.6 Å². The quantitative estimate of drug-likeness (QED) is 0.710. The Morgan fingerprint density at radius 3 is 2.69 bits per heavy atom. The molecule has 0 atom stereocenters. The number of β-amino-alcohol motifs (C(OH)–C–C–N with tert-alkyl or cyclic N) is 1. The van der Waals surface area contributed by atoms with Gasteiger partial charge in [0.25, 0.3) is 11.8 Å². The van der Waals surface area contributed by atoms with Crippen molar-refractivity contribution in [1.29, 1.82) is 0 Å². The van der Waals surface area contributed by atoms with Gasteiger partial charge in [-0.05, 0) is 37.8 Å². The van der Waals surface area contributed by atoms with Crippen LogP contribution in [0.1, 0.15) is 24.1 Å². The van der Waals surface area contributed by atoms with Crippen LogP contribution >= 0.6 is 0 Å². The van der Waals surface area contributed by atoms with Crippen molar-refractivity contribution in [2.45, 2.75) is 25.7 Å². The summed E-state index contributed by atoms with van der Waals surface area (Å²) in [7, 11) is 0. The molecule has 0 fully saturated rings. The fraction of sp³-hybridized carbons (Fsp3) is 0.316. The molecule has 0 bridgehead atoms. The second-order valence-corrected chi connectivity index (χ2v) is 6.52. The van der Waals surface area contributed by atoms with Crippen LogP contribution < -0.4 is 5.32 Å². The number of H-pyrrole nitrogens is 1. The number of benzene rings is 1. The highest BCUT2D eigenvalue weighted by atomic mass is 16.3. The molecule has 2 heterocycles. The minimum absolute atomic E-state index is 0.00253. The monoisotopic (exact) mass is 352 g/mol. The Balaban J connectivity index is 1.51. The van der Waals surface area contributed by atoms with E-state index in [0.717, 1.165) is 34.7 Å². The smallest absolute Gasteiger partial charge is 0.277 e. The molecule has 0 radical (unpaired) electrons. The standard InChI is InChI=1S/C19H20N4O3/c24-10-9-23-17(25)11-16(19(23)26)20-13-7-5-12(6-8-13)18-14-3-1-2-4-15(14)21-22-18/h5-8,11,20,24H,1-4,9-10H2,(H,21,22). The molecule has 0 saturated carbocycles. The fourth-order valence-electron chi connectivity index (χ4n) is 3.50. The Kier molecular flexibility index (Phi) is 4.30. The van der Waals surface area contributed by atoms with Gasteiger partial charge in [-0.25, -0.2) is 0 Å². The largest absolute Gasteiger partial charge is 0.395 e. The number of hydrogen-bond acceptors (Lipinski definition) is 5. The maximum Gasteiger partial charge on any atom is 0.277 e. The predicted octanol–water partition coefficient (Wildman–Crippen LogP) is 1.61. The first-order chi connectivity index (χ1) is 12.7. The highest BCUT2D eigenvalue weighted by Crippen LogP contribution is 2.30. The number of aliphatic hydroxyl groups is 1. The lowest BCUT2D eigenvalue weighted by Crippen LogP contribution is -2.34. The predicted molar refractivity (Wildman–Crippen MR) is 96.2 cm³/mol. The second-order valence-electron chi connectivity index (χ2n) is 6.52. The number of aliphatic hydroxyl groups excluding tert-OH is 1. The van der Waals surface area contributed by atoms with Crippen molar-refractivity contribution in [2.24, 2.45) is 0 Å². The van der Waals surface area contributed by atoms with Gasteiger partial charge in [0.1, 0.15) is 5.70 Å². The summed E-state index contributed by atoms with van der Waals surface area (Å²) in [6.07, 6.45) is 5.75. The first kappa shape index (κ1) is 16.5. The summed E-state index contributed by atoms with van der Waals surface area (Å²) in [6.45, 7) is -0.246. The van der Waals surface area contributed by atoms with Crippen LogP contribution in [0.2, 0.25) is 0 Å². The first-order valence-electron chi connectivity index (χ1n) is 8.79. The third kappa shape index (κ3) is 2.90. The normalized spacial score (nSPS) is 16.7. The fourth-order valence-corrected chi connectivity index (χ4v) is 3.50. The number of aryl methyl sites for hydroxylation is 1. The zero-order valence-corrected chi connectivity index (χ0v) is 14.3. The molecule has 1 aliphatic heterocycles. The summed E-state index contributed by atoms with van der Waals surface area (Å²) in [4.78, 5) is 25.0. The Hall–Kier alpha value is -2.93. The number of fused-ring (bicyclic) bond motifs is 1. The highest BCUT2D eigenvalue weighted by molar-refractivity contribution is 6.17. The third-order valence-electron chi connectivity index (χ3n) is 4.83. The summed E-state index contributed by atoms with van der Waals surface area (Å²) in [5.41, 5.74) is 5.49. The zero-order valence-electron chi connectivity index (χ0n) is 14.3. The molecule has 7 nitrogen and oxygen atoms in total. The van der Waals surface area contributed by atoms with Gasteiger partial charge in [-0.15, -0.1) is 0 Å². The number of anilines is 1. The molecule has 2 aliphatic rings. The maximum absolute atomic E-state index is 12.2. The van der Waals surface area contributed by atoms with Gasteiger partial charge in [0, 0.05) is 28.6 Å². The van der Waals surface area contributed by atoms with Crippen molar-refractivity contribution < 1.29 is 14.7 Å². The molecule has 0 unspecified atom stereocenters. The Bertz CT molecular complexity index is 883. The molecule has 1 aromatic heterocycles. The molecule has 0 saturated heterocycles. The number of imide groups is 1. The molecule has 2 aromatic rings. The van der Waals surface area contributed by atoms with Gasteiger partial charge in [-0.1, -0.05) is 12.1 Å². The molecule has 134 valence electrons. The Labute approximate surface area is 150 Å². The Morgan fingerprint density at radius 1 is 1.15 bits per heavy atom. The van der Waals surface area contributed by atoms with E-state index < -0.39 is 11.8 Å². The minimum atomic E-state index is -0.422. The van der Waals surface area contributed by atoms with Crippen molar-refractivity contribution in [3.05, 3.63) is 47.3 Å². The molecule has 1 aliphatic carbocycles. The summed E-state index contributed by atoms with van der Waals surface area (Å²) in [5.74, 6) is -0.833. The van der Waals surface area contributed by atoms with Gasteiger partial charge < -0.3 is 10.4 Å². The van der Waals surface area contributed by atoms with Gasteiger partial charge >= 0.3 is 0 Å². The molecule has 3 N–H and O–H groups in total. The average molecular weight is 352 g/mol. The summed E-state index contributed by atoms with van der Waals surface area (Å²) in [6, 6.07) is 7.65. The number of aromatic amines is 1. The molecule has 26 heavy (non-hydrogen) atoms. The van der Waals surface area contributed by atoms with Gasteiger partial charge in [-0.2, -0.15) is 5.10 Å². The van der Waals surface area contributed by atoms with Crippen LogP contribution in [-0.4, -0.2) is 45.2 Å². The number of nitrogens with zero attached hydrogens (tertiary/aromatic N) is 2. The van der Waals surface area contributed by atoms with Crippen LogP contribution in [0, 0.1) is 0 Å². The van der Waals surface area contributed by atoms with Crippen molar-refractivity contribution in [1.82, 2.24) is 15.1 Å². The minimum Gasteiger partial charge on any atom is -0.395 e. The number of hydrogen-bond donors (Lipinski definition) is 3. The van der Waals surface area contributed by atoms with E-state index in [1.54, 1.807) is 0 Å². The molecule has 7 heteroatoms. The number of aromatic nitrogens is 2. The van der Waals surface area contributed by atoms with E-state index in [2.05, 4.69) is 15.5 Å². The van der Waals surface area contributed by atoms with Gasteiger partial charge in [0.15, 0.2) is 0 Å². The van der Waals surface area contributed by atoms with Crippen LogP contribution in [0.25, 0.3) is 11.3 Å². The van der Waals surface area contributed by atoms with E-state index in [0.29, 0.717) is 0 Å². The van der Waals surface area contributed by atoms with Crippen LogP contribution in [0.15, 0.2) is 36.0 Å². The lowest BCUT2D eigenvalue weighted by atomic mass is 9.94. The molecule has 4 rings (SSSR count). The van der Waals surface area contributed by atoms with Crippen LogP contribution in [0.5, 0.6) is 0 Å². The topological polar surface area (TPSA) is 98.3 Å². The van der Waals surface area contributed by atoms with E-state index in [-0.39, 0.29) is 18.8 Å². The third-order valence-corrected chi connectivity index (χ3v) is 4.83. The van der Waals surface area contributed by atoms with Gasteiger partial charge in [0.05, 0.1) is 18.8 Å². The van der Waals surface area contributed by atoms with Crippen molar-refractivity contribution in [2.75, 3.05) is 18.5 Å². The highest BCUT2D eigenvalue weighted by Gasteiger charge is 2.30. The van der Waals surface area contributed by atoms with E-state index >= 15 is 0 Å². The lowest BCUT2D eigenvalue weighted by molar-refractivity contribution is -0.137. The van der Waals surface area contributed by atoms with Gasteiger partial charge in [0.2, 0.25) is 0 Å². The number of amides is 2. The van der Waals surface area contributed by atoms with E-state index in [4.69, 9.17) is 5.11 Å². The van der Waals surface area contributed by atoms with Crippen LogP contribution in [-0.2, 0) is 22.4 Å². The van der Waals surface area contributed by atoms with E-state index in [1.165, 1.54) is 30.2 Å². The molecular formula is C19H20N4O3. The summed E-state index contributed by atoms with van der Waals surface area (Å²) in [5, 5.41) is 19.5. The number of carbonyl (C=O) groups is 2. The maximum atomic E-state index is 12.2. The lowest BCUT2D eigenvalue weighted by Gasteiger charge is -2.13. The second kappa shape index (κ2) is 6.76. The summed E-state index contributed by atoms with van der Waals surface area (Å²) < 4.78 is 0. The van der Waals surface area contributed by atoms with Crippen molar-refractivity contribution >= 4 is 17.5 Å². The van der Waals surface area contributed by atoms with Crippen molar-refractivity contribution in [3.63, 3.8) is 0 Å². The Morgan fingerprint density at radius 2 is 1.92 bits per heavy atom. The number of nitrogens with one attached hydrogen (secondary N) is 2. The number of carbonyl (C=O) groups excluding carboxylic acids is 2. The molecule has 0 spiro atoms. The molecular weight excluding hydrogens is 332 g/mol. The van der Waals surface area contributed by atoms with E-state index in [1.807, 2.05) is 24.3 Å². The van der Waals surface area contributed by atoms with E-state index in [9.17, 15) is 9.59 Å². The van der Waals surface area contributed by atoms with Crippen LogP contribution in [0.4, 0.5) is 5.69 Å². The SMILES string of the molecule is O=C1C=C(Nc2ccc(-c3n[nH]c4c3CCCC4)cc2)C(=O)N1CCO. The summed E-state index contributed by atoms with van der Waals surface area (Å²) >= 11 is 0. The molecule has 1 aromatic carbocycles. The zero-order chi connectivity index (χ0) is 18.1. The van der Waals surface area contributed by atoms with Crippen LogP contribution in [0.3, 0.4) is 0 Å². The average Bonchev–Trinajstić information content (AvgIpc) is 3.20. The van der Waals surface area contributed by atoms with Crippen molar-refractivity contribution in [3.8, 4) is 11.3 Å². The first-order valence-corrected chi connectivity index (χ1v) is 8.79. The number of rotatable bonds is 5.